The molecule has 1 fully saturated rings. The number of aryl methyl sites for hydroxylation is 1. The summed E-state index contributed by atoms with van der Waals surface area (Å²) < 4.78 is 27.0. The molecule has 0 spiro atoms. The first-order valence-corrected chi connectivity index (χ1v) is 7.66. The minimum atomic E-state index is -3.44. The van der Waals surface area contributed by atoms with E-state index in [1.54, 1.807) is 12.1 Å². The molecule has 0 radical (unpaired) electrons. The molecule has 0 aliphatic heterocycles. The Balaban J connectivity index is 2.14. The summed E-state index contributed by atoms with van der Waals surface area (Å²) in [4.78, 5) is 0.253. The number of hydrogen-bond acceptors (Lipinski definition) is 3. The molecule has 1 aromatic rings. The highest BCUT2D eigenvalue weighted by Gasteiger charge is 2.33. The molecule has 0 amide bonds. The zero-order valence-corrected chi connectivity index (χ0v) is 11.7. The van der Waals surface area contributed by atoms with Crippen molar-refractivity contribution in [2.24, 2.45) is 5.41 Å². The van der Waals surface area contributed by atoms with Crippen LogP contribution in [0.5, 0.6) is 0 Å². The lowest BCUT2D eigenvalue weighted by Gasteiger charge is -2.38. The summed E-state index contributed by atoms with van der Waals surface area (Å²) >= 11 is 0. The molecule has 0 unspecified atom stereocenters. The summed E-state index contributed by atoms with van der Waals surface area (Å²) in [5.74, 6) is 0. The molecule has 4 nitrogen and oxygen atoms in total. The predicted molar refractivity (Wildman–Crippen MR) is 72.7 cm³/mol. The number of nitrogens with two attached hydrogens (primary N) is 1. The maximum atomic E-state index is 12.2. The average molecular weight is 268 g/mol. The standard InChI is InChI=1S/C13H20N2O2S/c1-10-6-11(14)8-12(7-10)18(16,17)15-9-13(2)4-3-5-13/h6-8,15H,3-5,9,14H2,1-2H3. The van der Waals surface area contributed by atoms with Crippen molar-refractivity contribution in [2.75, 3.05) is 12.3 Å². The second kappa shape index (κ2) is 4.55. The molecule has 100 valence electrons. The van der Waals surface area contributed by atoms with Crippen molar-refractivity contribution < 1.29 is 8.42 Å². The van der Waals surface area contributed by atoms with Crippen molar-refractivity contribution in [1.29, 1.82) is 0 Å². The number of rotatable bonds is 4. The summed E-state index contributed by atoms with van der Waals surface area (Å²) in [6, 6.07) is 4.90. The summed E-state index contributed by atoms with van der Waals surface area (Å²) in [6.07, 6.45) is 3.37. The molecule has 0 bridgehead atoms. The van der Waals surface area contributed by atoms with Gasteiger partial charge in [0.2, 0.25) is 10.0 Å². The molecule has 5 heteroatoms. The molecule has 0 saturated heterocycles. The van der Waals surface area contributed by atoms with E-state index >= 15 is 0 Å². The fourth-order valence-corrected chi connectivity index (χ4v) is 3.58. The monoisotopic (exact) mass is 268 g/mol. The van der Waals surface area contributed by atoms with Gasteiger partial charge in [-0.15, -0.1) is 0 Å². The van der Waals surface area contributed by atoms with Gasteiger partial charge in [0, 0.05) is 12.2 Å². The number of nitrogens with one attached hydrogen (secondary N) is 1. The summed E-state index contributed by atoms with van der Waals surface area (Å²) in [6.45, 7) is 4.45. The second-order valence-electron chi connectivity index (χ2n) is 5.57. The van der Waals surface area contributed by atoms with E-state index < -0.39 is 10.0 Å². The Bertz CT molecular complexity index is 528. The predicted octanol–water partition coefficient (Wildman–Crippen LogP) is 2.05. The van der Waals surface area contributed by atoms with Crippen LogP contribution in [0.25, 0.3) is 0 Å². The highest BCUT2D eigenvalue weighted by atomic mass is 32.2. The third-order valence-corrected chi connectivity index (χ3v) is 5.01. The number of sulfonamides is 1. The lowest BCUT2D eigenvalue weighted by atomic mass is 9.71. The smallest absolute Gasteiger partial charge is 0.240 e. The van der Waals surface area contributed by atoms with Crippen molar-refractivity contribution in [3.63, 3.8) is 0 Å². The molecule has 1 aromatic carbocycles. The number of benzene rings is 1. The Morgan fingerprint density at radius 1 is 1.33 bits per heavy atom. The van der Waals surface area contributed by atoms with Gasteiger partial charge in [0.05, 0.1) is 4.90 Å². The largest absolute Gasteiger partial charge is 0.399 e. The molecule has 3 N–H and O–H groups in total. The number of hydrogen-bond donors (Lipinski definition) is 2. The van der Waals surface area contributed by atoms with Crippen LogP contribution in [-0.4, -0.2) is 15.0 Å². The van der Waals surface area contributed by atoms with Crippen LogP contribution in [0.4, 0.5) is 5.69 Å². The molecule has 0 atom stereocenters. The SMILES string of the molecule is Cc1cc(N)cc(S(=O)(=O)NCC2(C)CCC2)c1. The lowest BCUT2D eigenvalue weighted by molar-refractivity contribution is 0.166. The van der Waals surface area contributed by atoms with Gasteiger partial charge in [0.25, 0.3) is 0 Å². The van der Waals surface area contributed by atoms with Gasteiger partial charge >= 0.3 is 0 Å². The minimum Gasteiger partial charge on any atom is -0.399 e. The summed E-state index contributed by atoms with van der Waals surface area (Å²) in [5.41, 5.74) is 7.14. The van der Waals surface area contributed by atoms with Gasteiger partial charge in [-0.3, -0.25) is 0 Å². The Hall–Kier alpha value is -1.07. The summed E-state index contributed by atoms with van der Waals surface area (Å²) in [5, 5.41) is 0. The van der Waals surface area contributed by atoms with Gasteiger partial charge in [-0.05, 0) is 48.9 Å². The highest BCUT2D eigenvalue weighted by Crippen LogP contribution is 2.39. The average Bonchev–Trinajstić information content (AvgIpc) is 2.22. The molecule has 0 heterocycles. The Kier molecular flexibility index (Phi) is 3.38. The van der Waals surface area contributed by atoms with E-state index in [0.717, 1.165) is 18.4 Å². The lowest BCUT2D eigenvalue weighted by Crippen LogP contribution is -2.39. The van der Waals surface area contributed by atoms with Crippen LogP contribution >= 0.6 is 0 Å². The number of anilines is 1. The molecule has 18 heavy (non-hydrogen) atoms. The zero-order valence-electron chi connectivity index (χ0n) is 10.9. The van der Waals surface area contributed by atoms with E-state index in [1.807, 2.05) is 6.92 Å². The van der Waals surface area contributed by atoms with Crippen molar-refractivity contribution >= 4 is 15.7 Å². The molecule has 1 aliphatic rings. The van der Waals surface area contributed by atoms with Crippen LogP contribution in [0.1, 0.15) is 31.7 Å². The second-order valence-corrected chi connectivity index (χ2v) is 7.34. The van der Waals surface area contributed by atoms with Crippen LogP contribution < -0.4 is 10.5 Å². The van der Waals surface area contributed by atoms with E-state index in [9.17, 15) is 8.42 Å². The van der Waals surface area contributed by atoms with Crippen LogP contribution in [-0.2, 0) is 10.0 Å². The molecular formula is C13H20N2O2S. The molecule has 2 rings (SSSR count). The van der Waals surface area contributed by atoms with Gasteiger partial charge in [-0.2, -0.15) is 0 Å². The van der Waals surface area contributed by atoms with Crippen molar-refractivity contribution in [3.05, 3.63) is 23.8 Å². The van der Waals surface area contributed by atoms with Gasteiger partial charge in [0.15, 0.2) is 0 Å². The van der Waals surface area contributed by atoms with E-state index in [4.69, 9.17) is 5.73 Å². The number of nitrogen functional groups attached to an aromatic ring is 1. The molecule has 1 aliphatic carbocycles. The van der Waals surface area contributed by atoms with E-state index in [1.165, 1.54) is 12.5 Å². The van der Waals surface area contributed by atoms with E-state index in [-0.39, 0.29) is 10.3 Å². The normalized spacial score (nSPS) is 18.3. The van der Waals surface area contributed by atoms with E-state index in [2.05, 4.69) is 11.6 Å². The van der Waals surface area contributed by atoms with Gasteiger partial charge < -0.3 is 5.73 Å². The van der Waals surface area contributed by atoms with Crippen LogP contribution in [0, 0.1) is 12.3 Å². The van der Waals surface area contributed by atoms with Crippen LogP contribution in [0.15, 0.2) is 23.1 Å². The Morgan fingerprint density at radius 3 is 2.50 bits per heavy atom. The third-order valence-electron chi connectivity index (χ3n) is 3.63. The zero-order chi connectivity index (χ0) is 13.4. The fourth-order valence-electron chi connectivity index (χ4n) is 2.24. The maximum absolute atomic E-state index is 12.2. The van der Waals surface area contributed by atoms with Gasteiger partial charge in [-0.1, -0.05) is 13.3 Å². The first-order valence-electron chi connectivity index (χ1n) is 6.18. The van der Waals surface area contributed by atoms with Crippen LogP contribution in [0.2, 0.25) is 0 Å². The molecule has 1 saturated carbocycles. The minimum absolute atomic E-state index is 0.127. The Labute approximate surface area is 109 Å². The third kappa shape index (κ3) is 2.84. The first-order chi connectivity index (χ1) is 8.31. The van der Waals surface area contributed by atoms with Crippen LogP contribution in [0.3, 0.4) is 0 Å². The van der Waals surface area contributed by atoms with Crippen molar-refractivity contribution in [3.8, 4) is 0 Å². The highest BCUT2D eigenvalue weighted by molar-refractivity contribution is 7.89. The van der Waals surface area contributed by atoms with Gasteiger partial charge in [-0.25, -0.2) is 13.1 Å². The molecule has 0 aromatic heterocycles. The van der Waals surface area contributed by atoms with Gasteiger partial charge in [0.1, 0.15) is 0 Å². The molecular weight excluding hydrogens is 248 g/mol. The van der Waals surface area contributed by atoms with Crippen molar-refractivity contribution in [1.82, 2.24) is 4.72 Å². The first kappa shape index (κ1) is 13.4. The quantitative estimate of drug-likeness (QED) is 0.821. The van der Waals surface area contributed by atoms with E-state index in [0.29, 0.717) is 12.2 Å². The Morgan fingerprint density at radius 2 is 2.00 bits per heavy atom. The maximum Gasteiger partial charge on any atom is 0.240 e. The van der Waals surface area contributed by atoms with Crippen molar-refractivity contribution in [2.45, 2.75) is 38.0 Å². The summed E-state index contributed by atoms with van der Waals surface area (Å²) in [7, 11) is -3.44. The topological polar surface area (TPSA) is 72.2 Å². The fraction of sp³-hybridized carbons (Fsp3) is 0.538.